The van der Waals surface area contributed by atoms with Crippen molar-refractivity contribution in [1.82, 2.24) is 0 Å². The molecule has 1 aliphatic rings. The van der Waals surface area contributed by atoms with Gasteiger partial charge in [-0.05, 0) is 66.6 Å². The van der Waals surface area contributed by atoms with Crippen molar-refractivity contribution >= 4 is 40.1 Å². The maximum Gasteiger partial charge on any atom is 0.282 e. The number of benzene rings is 2. The fraction of sp³-hybridized carbons (Fsp3) is 0.167. The normalized spacial score (nSPS) is 14.1. The smallest absolute Gasteiger partial charge is 0.282 e. The zero-order valence-corrected chi connectivity index (χ0v) is 17.5. The first-order chi connectivity index (χ1) is 14.0. The van der Waals surface area contributed by atoms with Gasteiger partial charge in [0.1, 0.15) is 5.70 Å². The summed E-state index contributed by atoms with van der Waals surface area (Å²) in [5, 5.41) is 5.13. The van der Waals surface area contributed by atoms with Gasteiger partial charge >= 0.3 is 0 Å². The number of imide groups is 1. The van der Waals surface area contributed by atoms with E-state index in [0.717, 1.165) is 28.1 Å². The van der Waals surface area contributed by atoms with Crippen molar-refractivity contribution in [2.45, 2.75) is 27.2 Å². The molecule has 0 radical (unpaired) electrons. The fourth-order valence-electron chi connectivity index (χ4n) is 3.44. The molecule has 0 unspecified atom stereocenters. The molecule has 0 saturated heterocycles. The summed E-state index contributed by atoms with van der Waals surface area (Å²) >= 11 is 1.45. The number of rotatable bonds is 5. The number of hydrogen-bond acceptors (Lipinski definition) is 4. The van der Waals surface area contributed by atoms with E-state index in [0.29, 0.717) is 17.0 Å². The molecule has 0 spiro atoms. The maximum atomic E-state index is 13.4. The van der Waals surface area contributed by atoms with Gasteiger partial charge in [-0.15, -0.1) is 11.3 Å². The molecule has 0 bridgehead atoms. The van der Waals surface area contributed by atoms with Gasteiger partial charge in [-0.1, -0.05) is 37.3 Å². The van der Waals surface area contributed by atoms with Crippen LogP contribution < -0.4 is 10.2 Å². The highest BCUT2D eigenvalue weighted by atomic mass is 32.1. The van der Waals surface area contributed by atoms with E-state index in [2.05, 4.69) is 12.2 Å². The molecule has 146 valence electrons. The van der Waals surface area contributed by atoms with Crippen molar-refractivity contribution in [2.24, 2.45) is 0 Å². The quantitative estimate of drug-likeness (QED) is 0.587. The van der Waals surface area contributed by atoms with E-state index >= 15 is 0 Å². The van der Waals surface area contributed by atoms with Crippen LogP contribution in [0.25, 0.3) is 5.57 Å². The van der Waals surface area contributed by atoms with Gasteiger partial charge in [0, 0.05) is 10.6 Å². The second-order valence-electron chi connectivity index (χ2n) is 7.14. The molecule has 3 aromatic rings. The van der Waals surface area contributed by atoms with Crippen molar-refractivity contribution in [3.63, 3.8) is 0 Å². The lowest BCUT2D eigenvalue weighted by Crippen LogP contribution is -2.33. The molecule has 29 heavy (non-hydrogen) atoms. The zero-order chi connectivity index (χ0) is 20.5. The summed E-state index contributed by atoms with van der Waals surface area (Å²) in [6.07, 6.45) is 0.946. The number of anilines is 2. The van der Waals surface area contributed by atoms with Crippen LogP contribution in [0.5, 0.6) is 0 Å². The van der Waals surface area contributed by atoms with E-state index in [1.54, 1.807) is 0 Å². The minimum absolute atomic E-state index is 0.293. The van der Waals surface area contributed by atoms with Crippen molar-refractivity contribution in [3.05, 3.63) is 87.2 Å². The summed E-state index contributed by atoms with van der Waals surface area (Å²) in [6, 6.07) is 17.5. The molecule has 5 heteroatoms. The van der Waals surface area contributed by atoms with Crippen LogP contribution in [0.1, 0.15) is 28.5 Å². The highest BCUT2D eigenvalue weighted by Crippen LogP contribution is 2.36. The Morgan fingerprint density at radius 1 is 0.966 bits per heavy atom. The number of hydrogen-bond donors (Lipinski definition) is 1. The van der Waals surface area contributed by atoms with Crippen LogP contribution in [0.15, 0.2) is 65.7 Å². The number of nitrogens with one attached hydrogen (secondary N) is 1. The molecule has 0 saturated carbocycles. The van der Waals surface area contributed by atoms with E-state index in [-0.39, 0.29) is 11.8 Å². The van der Waals surface area contributed by atoms with Crippen LogP contribution in [0.4, 0.5) is 11.4 Å². The first-order valence-corrected chi connectivity index (χ1v) is 10.5. The van der Waals surface area contributed by atoms with Gasteiger partial charge in [0.05, 0.1) is 11.3 Å². The lowest BCUT2D eigenvalue weighted by molar-refractivity contribution is -0.120. The second-order valence-corrected chi connectivity index (χ2v) is 8.09. The fourth-order valence-corrected chi connectivity index (χ4v) is 4.21. The number of aryl methyl sites for hydroxylation is 3. The summed E-state index contributed by atoms with van der Waals surface area (Å²) in [5.41, 5.74) is 5.26. The molecular weight excluding hydrogens is 380 g/mol. The van der Waals surface area contributed by atoms with E-state index in [1.807, 2.05) is 73.8 Å². The summed E-state index contributed by atoms with van der Waals surface area (Å²) in [5.74, 6) is -0.620. The van der Waals surface area contributed by atoms with Gasteiger partial charge in [0.25, 0.3) is 11.8 Å². The highest BCUT2D eigenvalue weighted by Gasteiger charge is 2.41. The minimum Gasteiger partial charge on any atom is -0.350 e. The van der Waals surface area contributed by atoms with Gasteiger partial charge in [0.15, 0.2) is 0 Å². The second kappa shape index (κ2) is 7.68. The van der Waals surface area contributed by atoms with E-state index in [4.69, 9.17) is 0 Å². The monoisotopic (exact) mass is 402 g/mol. The number of amides is 2. The Balaban J connectivity index is 1.79. The third-order valence-corrected chi connectivity index (χ3v) is 5.98. The first-order valence-electron chi connectivity index (χ1n) is 9.59. The lowest BCUT2D eigenvalue weighted by Gasteiger charge is -2.18. The van der Waals surface area contributed by atoms with Gasteiger partial charge in [-0.25, -0.2) is 4.90 Å². The molecule has 0 aliphatic carbocycles. The van der Waals surface area contributed by atoms with Crippen molar-refractivity contribution in [2.75, 3.05) is 10.2 Å². The Morgan fingerprint density at radius 3 is 2.38 bits per heavy atom. The Hall–Kier alpha value is -3.18. The molecule has 2 aromatic carbocycles. The molecular formula is C24H22N2O2S. The van der Waals surface area contributed by atoms with Gasteiger partial charge in [-0.2, -0.15) is 0 Å². The van der Waals surface area contributed by atoms with E-state index in [1.165, 1.54) is 21.8 Å². The molecule has 1 N–H and O–H groups in total. The van der Waals surface area contributed by atoms with Gasteiger partial charge < -0.3 is 5.32 Å². The summed E-state index contributed by atoms with van der Waals surface area (Å²) in [7, 11) is 0. The number of carbonyl (C=O) groups is 2. The first kappa shape index (κ1) is 19.2. The largest absolute Gasteiger partial charge is 0.350 e. The number of carbonyl (C=O) groups excluding carboxylic acids is 2. The van der Waals surface area contributed by atoms with Crippen LogP contribution >= 0.6 is 11.3 Å². The third-order valence-electron chi connectivity index (χ3n) is 5.09. The predicted octanol–water partition coefficient (Wildman–Crippen LogP) is 5.32. The molecule has 2 heterocycles. The van der Waals surface area contributed by atoms with Crippen LogP contribution in [0.2, 0.25) is 0 Å². The molecule has 0 atom stereocenters. The molecule has 1 aromatic heterocycles. The molecule has 2 amide bonds. The molecule has 0 fully saturated rings. The summed E-state index contributed by atoms with van der Waals surface area (Å²) < 4.78 is 0. The van der Waals surface area contributed by atoms with Crippen LogP contribution in [0.3, 0.4) is 0 Å². The van der Waals surface area contributed by atoms with Crippen molar-refractivity contribution in [3.8, 4) is 0 Å². The maximum absolute atomic E-state index is 13.4. The molecule has 4 rings (SSSR count). The van der Waals surface area contributed by atoms with Crippen LogP contribution in [0, 0.1) is 13.8 Å². The summed E-state index contributed by atoms with van der Waals surface area (Å²) in [6.45, 7) is 5.96. The van der Waals surface area contributed by atoms with Crippen molar-refractivity contribution < 1.29 is 9.59 Å². The Morgan fingerprint density at radius 2 is 1.72 bits per heavy atom. The van der Waals surface area contributed by atoms with Gasteiger partial charge in [0.2, 0.25) is 0 Å². The van der Waals surface area contributed by atoms with Gasteiger partial charge in [-0.3, -0.25) is 9.59 Å². The predicted molar refractivity (Wildman–Crippen MR) is 119 cm³/mol. The van der Waals surface area contributed by atoms with Crippen LogP contribution in [-0.4, -0.2) is 11.8 Å². The minimum atomic E-state index is -0.327. The Bertz CT molecular complexity index is 1110. The number of nitrogens with zero attached hydrogens (tertiary/aromatic N) is 1. The molecule has 1 aliphatic heterocycles. The topological polar surface area (TPSA) is 49.4 Å². The number of thiophene rings is 1. The van der Waals surface area contributed by atoms with E-state index in [9.17, 15) is 9.59 Å². The third kappa shape index (κ3) is 3.49. The van der Waals surface area contributed by atoms with Crippen molar-refractivity contribution in [1.29, 1.82) is 0 Å². The average molecular weight is 403 g/mol. The average Bonchev–Trinajstić information content (AvgIpc) is 3.32. The Labute approximate surface area is 174 Å². The zero-order valence-electron chi connectivity index (χ0n) is 16.7. The van der Waals surface area contributed by atoms with E-state index < -0.39 is 0 Å². The van der Waals surface area contributed by atoms with Crippen LogP contribution in [-0.2, 0) is 16.0 Å². The lowest BCUT2D eigenvalue weighted by atomic mass is 10.1. The standard InChI is InChI=1S/C24H22N2O2S/c1-4-17-9-11-18(12-10-17)25-22-21(20-6-5-13-29-20)23(27)26(24(22)28)19-14-15(2)7-8-16(19)3/h5-14,25H,4H2,1-3H3. The summed E-state index contributed by atoms with van der Waals surface area (Å²) in [4.78, 5) is 28.9. The molecule has 4 nitrogen and oxygen atoms in total. The SMILES string of the molecule is CCc1ccc(NC2=C(c3cccs3)C(=O)N(c3cc(C)ccc3C)C2=O)cc1. The Kier molecular flexibility index (Phi) is 5.07. The highest BCUT2D eigenvalue weighted by molar-refractivity contribution is 7.11.